The number of aromatic nitrogens is 1. The van der Waals surface area contributed by atoms with E-state index in [-0.39, 0.29) is 25.5 Å². The van der Waals surface area contributed by atoms with Gasteiger partial charge in [0.2, 0.25) is 6.23 Å². The van der Waals surface area contributed by atoms with Crippen molar-refractivity contribution in [2.75, 3.05) is 6.54 Å². The first-order valence-corrected chi connectivity index (χ1v) is 9.77. The molecule has 0 unspecified atom stereocenters. The van der Waals surface area contributed by atoms with Crippen LogP contribution in [0.2, 0.25) is 0 Å². The van der Waals surface area contributed by atoms with Crippen LogP contribution in [0.4, 0.5) is 4.79 Å². The van der Waals surface area contributed by atoms with Gasteiger partial charge in [0, 0.05) is 19.7 Å². The SMILES string of the molecule is CC(=O)O[C@H]1n2cccc2C(=O)N2CCC[C@@]12C(=O)ONC(=O)OCc1ccccc1. The minimum absolute atomic E-state index is 0.0111. The molecule has 2 aliphatic heterocycles. The Kier molecular flexibility index (Phi) is 5.37. The van der Waals surface area contributed by atoms with Crippen LogP contribution in [0.15, 0.2) is 48.7 Å². The van der Waals surface area contributed by atoms with Crippen LogP contribution in [0.1, 0.15) is 42.0 Å². The van der Waals surface area contributed by atoms with E-state index in [1.54, 1.807) is 42.6 Å². The minimum Gasteiger partial charge on any atom is -0.443 e. The zero-order valence-corrected chi connectivity index (χ0v) is 16.8. The summed E-state index contributed by atoms with van der Waals surface area (Å²) in [6.07, 6.45) is 0.180. The van der Waals surface area contributed by atoms with Gasteiger partial charge < -0.3 is 23.8 Å². The summed E-state index contributed by atoms with van der Waals surface area (Å²) in [4.78, 5) is 56.2. The van der Waals surface area contributed by atoms with Gasteiger partial charge in [0.15, 0.2) is 5.54 Å². The summed E-state index contributed by atoms with van der Waals surface area (Å²) >= 11 is 0. The number of fused-ring (bicyclic) bond motifs is 2. The maximum absolute atomic E-state index is 13.2. The highest BCUT2D eigenvalue weighted by Gasteiger charge is 2.62. The van der Waals surface area contributed by atoms with Gasteiger partial charge in [-0.05, 0) is 30.5 Å². The third-order valence-electron chi connectivity index (χ3n) is 5.40. The zero-order valence-electron chi connectivity index (χ0n) is 16.8. The molecule has 2 atom stereocenters. The minimum atomic E-state index is -1.60. The van der Waals surface area contributed by atoms with Crippen LogP contribution in [0.3, 0.4) is 0 Å². The van der Waals surface area contributed by atoms with E-state index in [1.807, 2.05) is 11.5 Å². The molecule has 2 aromatic rings. The van der Waals surface area contributed by atoms with Crippen molar-refractivity contribution in [1.82, 2.24) is 14.9 Å². The highest BCUT2D eigenvalue weighted by Crippen LogP contribution is 2.45. The molecule has 0 aliphatic carbocycles. The number of esters is 1. The van der Waals surface area contributed by atoms with Crippen LogP contribution >= 0.6 is 0 Å². The number of nitrogens with one attached hydrogen (secondary N) is 1. The molecule has 1 aromatic heterocycles. The van der Waals surface area contributed by atoms with Crippen LogP contribution in [-0.2, 0) is 30.5 Å². The van der Waals surface area contributed by atoms with Crippen molar-refractivity contribution in [3.63, 3.8) is 0 Å². The number of amides is 2. The highest BCUT2D eigenvalue weighted by molar-refractivity contribution is 5.99. The molecule has 0 spiro atoms. The average Bonchev–Trinajstić information content (AvgIpc) is 3.42. The predicted octanol–water partition coefficient (Wildman–Crippen LogP) is 1.92. The first-order valence-electron chi connectivity index (χ1n) is 9.77. The lowest BCUT2D eigenvalue weighted by molar-refractivity contribution is -0.185. The Hall–Kier alpha value is -3.82. The van der Waals surface area contributed by atoms with E-state index in [9.17, 15) is 19.2 Å². The summed E-state index contributed by atoms with van der Waals surface area (Å²) in [5, 5.41) is 0. The Morgan fingerprint density at radius 2 is 1.94 bits per heavy atom. The first-order chi connectivity index (χ1) is 14.9. The van der Waals surface area contributed by atoms with Gasteiger partial charge in [0.25, 0.3) is 5.91 Å². The van der Waals surface area contributed by atoms with E-state index in [0.717, 1.165) is 5.56 Å². The van der Waals surface area contributed by atoms with E-state index in [0.29, 0.717) is 12.1 Å². The second-order valence-corrected chi connectivity index (χ2v) is 7.30. The fraction of sp³-hybridized carbons (Fsp3) is 0.333. The predicted molar refractivity (Wildman–Crippen MR) is 104 cm³/mol. The van der Waals surface area contributed by atoms with Crippen LogP contribution in [0.25, 0.3) is 0 Å². The van der Waals surface area contributed by atoms with E-state index in [4.69, 9.17) is 14.3 Å². The molecule has 1 saturated heterocycles. The molecule has 10 heteroatoms. The lowest BCUT2D eigenvalue weighted by Gasteiger charge is -2.44. The van der Waals surface area contributed by atoms with Gasteiger partial charge in [-0.1, -0.05) is 30.3 Å². The molecule has 4 rings (SSSR count). The second-order valence-electron chi connectivity index (χ2n) is 7.30. The van der Waals surface area contributed by atoms with Gasteiger partial charge >= 0.3 is 18.0 Å². The molecule has 1 N–H and O–H groups in total. The fourth-order valence-corrected chi connectivity index (χ4v) is 4.08. The van der Waals surface area contributed by atoms with Crippen LogP contribution in [-0.4, -0.2) is 45.5 Å². The molecule has 2 amide bonds. The number of carbonyl (C=O) groups is 4. The van der Waals surface area contributed by atoms with E-state index < -0.39 is 29.8 Å². The number of nitrogens with zero attached hydrogens (tertiary/aromatic N) is 2. The van der Waals surface area contributed by atoms with Crippen LogP contribution < -0.4 is 5.48 Å². The number of carbonyl (C=O) groups excluding carboxylic acids is 4. The maximum atomic E-state index is 13.2. The molecule has 10 nitrogen and oxygen atoms in total. The van der Waals surface area contributed by atoms with Crippen LogP contribution in [0, 0.1) is 0 Å². The molecule has 1 aromatic carbocycles. The van der Waals surface area contributed by atoms with Gasteiger partial charge in [-0.2, -0.15) is 0 Å². The fourth-order valence-electron chi connectivity index (χ4n) is 4.08. The van der Waals surface area contributed by atoms with E-state index >= 15 is 0 Å². The average molecular weight is 427 g/mol. The largest absolute Gasteiger partial charge is 0.443 e. The first kappa shape index (κ1) is 20.5. The highest BCUT2D eigenvalue weighted by atomic mass is 16.7. The molecule has 0 saturated carbocycles. The Morgan fingerprint density at radius 3 is 2.68 bits per heavy atom. The summed E-state index contributed by atoms with van der Waals surface area (Å²) in [6.45, 7) is 1.50. The Morgan fingerprint density at radius 1 is 1.16 bits per heavy atom. The monoisotopic (exact) mass is 427 g/mol. The van der Waals surface area contributed by atoms with Gasteiger partial charge in [-0.25, -0.2) is 9.59 Å². The summed E-state index contributed by atoms with van der Waals surface area (Å²) in [5.41, 5.74) is 1.43. The maximum Gasteiger partial charge on any atom is 0.441 e. The summed E-state index contributed by atoms with van der Waals surface area (Å²) in [6, 6.07) is 12.2. The standard InChI is InChI=1S/C21H21N3O7/c1-14(25)30-18-21(10-6-12-24(21)17(26)16-9-5-11-23(16)18)19(27)31-22-20(28)29-13-15-7-3-2-4-8-15/h2-5,7-9,11,18H,6,10,12-13H2,1H3,(H,22,28)/t18-,21+/m1/s1. The normalized spacial score (nSPS) is 21.6. The van der Waals surface area contributed by atoms with Crippen molar-refractivity contribution in [3.05, 3.63) is 59.9 Å². The van der Waals surface area contributed by atoms with E-state index in [1.165, 1.54) is 16.4 Å². The van der Waals surface area contributed by atoms with E-state index in [2.05, 4.69) is 0 Å². The number of hydrogen-bond donors (Lipinski definition) is 1. The third-order valence-corrected chi connectivity index (χ3v) is 5.40. The lowest BCUT2D eigenvalue weighted by Crippen LogP contribution is -2.63. The molecule has 1 fully saturated rings. The number of hydrogen-bond acceptors (Lipinski definition) is 7. The number of hydroxylamine groups is 1. The summed E-state index contributed by atoms with van der Waals surface area (Å²) in [7, 11) is 0. The van der Waals surface area contributed by atoms with Crippen molar-refractivity contribution in [2.45, 2.75) is 38.1 Å². The Balaban J connectivity index is 1.51. The molecule has 162 valence electrons. The van der Waals surface area contributed by atoms with Gasteiger partial charge in [0.05, 0.1) is 0 Å². The van der Waals surface area contributed by atoms with Crippen molar-refractivity contribution >= 4 is 23.9 Å². The quantitative estimate of drug-likeness (QED) is 0.450. The van der Waals surface area contributed by atoms with Gasteiger partial charge in [-0.15, -0.1) is 5.48 Å². The molecular formula is C21H21N3O7. The number of ether oxygens (including phenoxy) is 2. The molecule has 0 radical (unpaired) electrons. The van der Waals surface area contributed by atoms with Crippen molar-refractivity contribution in [3.8, 4) is 0 Å². The molecule has 3 heterocycles. The summed E-state index contributed by atoms with van der Waals surface area (Å²) < 4.78 is 11.9. The number of benzene rings is 1. The van der Waals surface area contributed by atoms with Gasteiger partial charge in [0.1, 0.15) is 12.3 Å². The molecule has 2 aliphatic rings. The van der Waals surface area contributed by atoms with Gasteiger partial charge in [-0.3, -0.25) is 9.59 Å². The van der Waals surface area contributed by atoms with Crippen molar-refractivity contribution < 1.29 is 33.5 Å². The van der Waals surface area contributed by atoms with Crippen molar-refractivity contribution in [1.29, 1.82) is 0 Å². The zero-order chi connectivity index (χ0) is 22.0. The third kappa shape index (κ3) is 3.60. The lowest BCUT2D eigenvalue weighted by atomic mass is 9.91. The molecular weight excluding hydrogens is 406 g/mol. The smallest absolute Gasteiger partial charge is 0.441 e. The van der Waals surface area contributed by atoms with Crippen LogP contribution in [0.5, 0.6) is 0 Å². The van der Waals surface area contributed by atoms with Crippen molar-refractivity contribution in [2.24, 2.45) is 0 Å². The Bertz CT molecular complexity index is 1020. The summed E-state index contributed by atoms with van der Waals surface area (Å²) in [5.74, 6) is -1.91. The Labute approximate surface area is 177 Å². The molecule has 31 heavy (non-hydrogen) atoms. The molecule has 0 bridgehead atoms. The topological polar surface area (TPSA) is 116 Å². The number of rotatable bonds is 4. The second kappa shape index (κ2) is 8.13.